The van der Waals surface area contributed by atoms with E-state index < -0.39 is 10.0 Å². The van der Waals surface area contributed by atoms with E-state index in [1.165, 1.54) is 0 Å². The second-order valence-electron chi connectivity index (χ2n) is 5.51. The number of piperidine rings is 1. The van der Waals surface area contributed by atoms with Gasteiger partial charge in [-0.3, -0.25) is 0 Å². The molecule has 2 rings (SSSR count). The van der Waals surface area contributed by atoms with E-state index in [1.54, 1.807) is 28.6 Å². The Balaban J connectivity index is 2.21. The summed E-state index contributed by atoms with van der Waals surface area (Å²) in [6, 6.07) is 6.67. The van der Waals surface area contributed by atoms with E-state index >= 15 is 0 Å². The van der Waals surface area contributed by atoms with Crippen LogP contribution in [0.25, 0.3) is 0 Å². The molecule has 0 saturated carbocycles. The van der Waals surface area contributed by atoms with Gasteiger partial charge < -0.3 is 5.32 Å². The van der Waals surface area contributed by atoms with Crippen LogP contribution in [0.2, 0.25) is 5.02 Å². The third-order valence-corrected chi connectivity index (χ3v) is 6.15. The molecule has 0 amide bonds. The Morgan fingerprint density at radius 1 is 1.38 bits per heavy atom. The molecule has 4 nitrogen and oxygen atoms in total. The standard InChI is InChI=1S/C15H23ClN2O2S/c1-2-10-18(12-13-6-5-9-17-11-13)21(19,20)15-8-4-3-7-14(15)16/h3-4,7-8,13,17H,2,5-6,9-12H2,1H3. The van der Waals surface area contributed by atoms with Crippen molar-refractivity contribution in [3.05, 3.63) is 29.3 Å². The summed E-state index contributed by atoms with van der Waals surface area (Å²) in [4.78, 5) is 0.212. The molecule has 21 heavy (non-hydrogen) atoms. The first-order valence-corrected chi connectivity index (χ1v) is 9.33. The highest BCUT2D eigenvalue weighted by Gasteiger charge is 2.28. The highest BCUT2D eigenvalue weighted by atomic mass is 35.5. The lowest BCUT2D eigenvalue weighted by molar-refractivity contribution is 0.291. The van der Waals surface area contributed by atoms with Gasteiger partial charge in [-0.2, -0.15) is 4.31 Å². The topological polar surface area (TPSA) is 49.4 Å². The highest BCUT2D eigenvalue weighted by molar-refractivity contribution is 7.89. The fourth-order valence-corrected chi connectivity index (χ4v) is 4.82. The normalized spacial score (nSPS) is 19.9. The predicted molar refractivity (Wildman–Crippen MR) is 86.1 cm³/mol. The van der Waals surface area contributed by atoms with Crippen LogP contribution in [0.4, 0.5) is 0 Å². The molecule has 0 radical (unpaired) electrons. The zero-order valence-electron chi connectivity index (χ0n) is 12.4. The summed E-state index contributed by atoms with van der Waals surface area (Å²) >= 11 is 6.08. The van der Waals surface area contributed by atoms with Gasteiger partial charge in [-0.15, -0.1) is 0 Å². The van der Waals surface area contributed by atoms with Gasteiger partial charge in [0, 0.05) is 13.1 Å². The minimum atomic E-state index is -3.52. The molecule has 0 bridgehead atoms. The van der Waals surface area contributed by atoms with Crippen LogP contribution in [0.15, 0.2) is 29.2 Å². The molecule has 118 valence electrons. The molecular weight excluding hydrogens is 308 g/mol. The van der Waals surface area contributed by atoms with Crippen molar-refractivity contribution in [2.75, 3.05) is 26.2 Å². The Labute approximate surface area is 132 Å². The summed E-state index contributed by atoms with van der Waals surface area (Å²) in [7, 11) is -3.52. The third-order valence-electron chi connectivity index (χ3n) is 3.79. The maximum atomic E-state index is 12.8. The maximum absolute atomic E-state index is 12.8. The number of hydrogen-bond donors (Lipinski definition) is 1. The number of halogens is 1. The number of hydrogen-bond acceptors (Lipinski definition) is 3. The molecule has 0 aromatic heterocycles. The molecule has 1 heterocycles. The van der Waals surface area contributed by atoms with Crippen LogP contribution in [-0.2, 0) is 10.0 Å². The Morgan fingerprint density at radius 3 is 2.76 bits per heavy atom. The van der Waals surface area contributed by atoms with Gasteiger partial charge >= 0.3 is 0 Å². The van der Waals surface area contributed by atoms with Gasteiger partial charge in [0.15, 0.2) is 0 Å². The molecule has 6 heteroatoms. The van der Waals surface area contributed by atoms with Crippen molar-refractivity contribution < 1.29 is 8.42 Å². The summed E-state index contributed by atoms with van der Waals surface area (Å²) < 4.78 is 27.3. The van der Waals surface area contributed by atoms with Crippen LogP contribution >= 0.6 is 11.6 Å². The number of rotatable bonds is 6. The van der Waals surface area contributed by atoms with Crippen molar-refractivity contribution in [1.82, 2.24) is 9.62 Å². The van der Waals surface area contributed by atoms with Gasteiger partial charge in [-0.1, -0.05) is 30.7 Å². The van der Waals surface area contributed by atoms with E-state index in [2.05, 4.69) is 5.32 Å². The van der Waals surface area contributed by atoms with Crippen LogP contribution in [-0.4, -0.2) is 38.9 Å². The first-order valence-electron chi connectivity index (χ1n) is 7.51. The Morgan fingerprint density at radius 2 is 2.14 bits per heavy atom. The van der Waals surface area contributed by atoms with Crippen LogP contribution in [0.3, 0.4) is 0 Å². The van der Waals surface area contributed by atoms with Gasteiger partial charge in [-0.05, 0) is 50.4 Å². The molecule has 1 fully saturated rings. The van der Waals surface area contributed by atoms with E-state index in [1.807, 2.05) is 6.92 Å². The van der Waals surface area contributed by atoms with Crippen LogP contribution in [0, 0.1) is 5.92 Å². The number of nitrogens with one attached hydrogen (secondary N) is 1. The molecule has 0 spiro atoms. The number of sulfonamides is 1. The van der Waals surface area contributed by atoms with E-state index in [-0.39, 0.29) is 4.90 Å². The fourth-order valence-electron chi connectivity index (χ4n) is 2.72. The monoisotopic (exact) mass is 330 g/mol. The van der Waals surface area contributed by atoms with E-state index in [9.17, 15) is 8.42 Å². The summed E-state index contributed by atoms with van der Waals surface area (Å²) in [6.45, 7) is 5.01. The molecule has 1 atom stereocenters. The SMILES string of the molecule is CCCN(CC1CCCNC1)S(=O)(=O)c1ccccc1Cl. The predicted octanol–water partition coefficient (Wildman–Crippen LogP) is 2.74. The zero-order chi connectivity index (χ0) is 15.3. The van der Waals surface area contributed by atoms with Crippen molar-refractivity contribution >= 4 is 21.6 Å². The lowest BCUT2D eigenvalue weighted by Gasteiger charge is -2.29. The van der Waals surface area contributed by atoms with E-state index in [4.69, 9.17) is 11.6 Å². The summed E-state index contributed by atoms with van der Waals surface area (Å²) in [5.74, 6) is 0.377. The number of benzene rings is 1. The minimum Gasteiger partial charge on any atom is -0.316 e. The lowest BCUT2D eigenvalue weighted by atomic mass is 10.00. The fraction of sp³-hybridized carbons (Fsp3) is 0.600. The van der Waals surface area contributed by atoms with Crippen molar-refractivity contribution in [3.63, 3.8) is 0 Å². The van der Waals surface area contributed by atoms with Crippen LogP contribution in [0.5, 0.6) is 0 Å². The largest absolute Gasteiger partial charge is 0.316 e. The molecule has 1 aromatic rings. The summed E-state index contributed by atoms with van der Waals surface area (Å²) in [5.41, 5.74) is 0. The van der Waals surface area contributed by atoms with Gasteiger partial charge in [0.25, 0.3) is 0 Å². The van der Waals surface area contributed by atoms with Crippen molar-refractivity contribution in [1.29, 1.82) is 0 Å². The van der Waals surface area contributed by atoms with Crippen molar-refractivity contribution in [3.8, 4) is 0 Å². The second-order valence-corrected chi connectivity index (χ2v) is 7.82. The molecule has 1 aliphatic rings. The van der Waals surface area contributed by atoms with E-state index in [0.29, 0.717) is 24.0 Å². The van der Waals surface area contributed by atoms with Gasteiger partial charge in [0.2, 0.25) is 10.0 Å². The van der Waals surface area contributed by atoms with Crippen molar-refractivity contribution in [2.24, 2.45) is 5.92 Å². The van der Waals surface area contributed by atoms with Gasteiger partial charge in [-0.25, -0.2) is 8.42 Å². The summed E-state index contributed by atoms with van der Waals surface area (Å²) in [6.07, 6.45) is 2.98. The van der Waals surface area contributed by atoms with E-state index in [0.717, 1.165) is 32.4 Å². The van der Waals surface area contributed by atoms with Crippen molar-refractivity contribution in [2.45, 2.75) is 31.1 Å². The Kier molecular flexibility index (Phi) is 6.05. The average Bonchev–Trinajstić information content (AvgIpc) is 2.48. The molecule has 1 unspecified atom stereocenters. The molecular formula is C15H23ClN2O2S. The molecule has 1 N–H and O–H groups in total. The summed E-state index contributed by atoms with van der Waals surface area (Å²) in [5, 5.41) is 3.63. The van der Waals surface area contributed by atoms with Gasteiger partial charge in [0.05, 0.1) is 5.02 Å². The molecule has 1 saturated heterocycles. The first kappa shape index (κ1) is 16.7. The smallest absolute Gasteiger partial charge is 0.244 e. The zero-order valence-corrected chi connectivity index (χ0v) is 14.0. The van der Waals surface area contributed by atoms with Crippen LogP contribution < -0.4 is 5.32 Å². The molecule has 1 aromatic carbocycles. The Hall–Kier alpha value is -0.620. The quantitative estimate of drug-likeness (QED) is 0.872. The molecule has 1 aliphatic heterocycles. The average molecular weight is 331 g/mol. The second kappa shape index (κ2) is 7.58. The maximum Gasteiger partial charge on any atom is 0.244 e. The molecule has 0 aliphatic carbocycles. The highest BCUT2D eigenvalue weighted by Crippen LogP contribution is 2.25. The third kappa shape index (κ3) is 4.19. The Bertz CT molecular complexity index is 557. The van der Waals surface area contributed by atoms with Crippen LogP contribution in [0.1, 0.15) is 26.2 Å². The lowest BCUT2D eigenvalue weighted by Crippen LogP contribution is -2.41. The minimum absolute atomic E-state index is 0.212. The number of nitrogens with zero attached hydrogens (tertiary/aromatic N) is 1. The first-order chi connectivity index (χ1) is 10.1. The van der Waals surface area contributed by atoms with Gasteiger partial charge in [0.1, 0.15) is 4.90 Å².